The molecule has 0 bridgehead atoms. The summed E-state index contributed by atoms with van der Waals surface area (Å²) in [6, 6.07) is 43.7. The van der Waals surface area contributed by atoms with Gasteiger partial charge in [-0.15, -0.1) is 0 Å². The van der Waals surface area contributed by atoms with E-state index in [1.54, 1.807) is 10.4 Å². The lowest BCUT2D eigenvalue weighted by atomic mass is 9.65. The molecular weight excluding hydrogens is 553 g/mol. The number of hydrogen-bond acceptors (Lipinski definition) is 2. The molecule has 2 aliphatic rings. The third kappa shape index (κ3) is 3.98. The Kier molecular flexibility index (Phi) is 6.13. The van der Waals surface area contributed by atoms with E-state index in [4.69, 9.17) is 8.83 Å². The van der Waals surface area contributed by atoms with E-state index in [1.807, 2.05) is 0 Å². The summed E-state index contributed by atoms with van der Waals surface area (Å²) in [6.45, 7) is 0. The van der Waals surface area contributed by atoms with E-state index in [1.165, 1.54) is 85.4 Å². The SMILES string of the molecule is c1ccc(C2(c3ccc4oc5cc6c(cc5c4c3)oc3ccc([Si]4(c5ccccc5)CCCCC4)cc36)CCCCC2)cc1. The van der Waals surface area contributed by atoms with E-state index < -0.39 is 8.07 Å². The Bertz CT molecular complexity index is 1970. The smallest absolute Gasteiger partial charge is 0.136 e. The predicted molar refractivity (Wildman–Crippen MR) is 186 cm³/mol. The molecule has 0 atom stereocenters. The second kappa shape index (κ2) is 10.2. The summed E-state index contributed by atoms with van der Waals surface area (Å²) < 4.78 is 13.1. The van der Waals surface area contributed by atoms with Crippen LogP contribution in [0, 0.1) is 0 Å². The molecule has 0 N–H and O–H groups in total. The van der Waals surface area contributed by atoms with Crippen molar-refractivity contribution in [2.24, 2.45) is 0 Å². The summed E-state index contributed by atoms with van der Waals surface area (Å²) in [5.41, 5.74) is 6.75. The molecule has 1 saturated carbocycles. The molecule has 0 radical (unpaired) electrons. The van der Waals surface area contributed by atoms with Gasteiger partial charge >= 0.3 is 0 Å². The Morgan fingerprint density at radius 1 is 0.432 bits per heavy atom. The topological polar surface area (TPSA) is 26.3 Å². The quantitative estimate of drug-likeness (QED) is 0.191. The van der Waals surface area contributed by atoms with E-state index in [-0.39, 0.29) is 5.41 Å². The van der Waals surface area contributed by atoms with E-state index >= 15 is 0 Å². The Balaban J connectivity index is 1.20. The van der Waals surface area contributed by atoms with Crippen LogP contribution in [-0.2, 0) is 5.41 Å². The van der Waals surface area contributed by atoms with Gasteiger partial charge in [-0.05, 0) is 66.4 Å². The molecule has 3 heteroatoms. The average Bonchev–Trinajstić information content (AvgIpc) is 3.65. The largest absolute Gasteiger partial charge is 0.456 e. The molecule has 9 rings (SSSR count). The molecule has 5 aromatic carbocycles. The molecule has 44 heavy (non-hydrogen) atoms. The molecule has 0 amide bonds. The lowest BCUT2D eigenvalue weighted by Gasteiger charge is -2.38. The van der Waals surface area contributed by atoms with Crippen LogP contribution in [0.15, 0.2) is 118 Å². The molecule has 1 aliphatic heterocycles. The molecule has 2 nitrogen and oxygen atoms in total. The zero-order valence-corrected chi connectivity index (χ0v) is 26.3. The average molecular weight is 591 g/mol. The van der Waals surface area contributed by atoms with Crippen molar-refractivity contribution in [3.05, 3.63) is 120 Å². The van der Waals surface area contributed by atoms with E-state index in [9.17, 15) is 0 Å². The third-order valence-electron chi connectivity index (χ3n) is 11.2. The molecule has 2 fully saturated rings. The van der Waals surface area contributed by atoms with Gasteiger partial charge in [-0.1, -0.05) is 128 Å². The molecule has 2 aromatic heterocycles. The molecule has 0 unspecified atom stereocenters. The number of fused-ring (bicyclic) bond motifs is 6. The van der Waals surface area contributed by atoms with Crippen LogP contribution in [0.2, 0.25) is 12.1 Å². The summed E-state index contributed by atoms with van der Waals surface area (Å²) in [7, 11) is -1.82. The van der Waals surface area contributed by atoms with Gasteiger partial charge in [0.05, 0.1) is 0 Å². The molecule has 1 aliphatic carbocycles. The van der Waals surface area contributed by atoms with Crippen molar-refractivity contribution < 1.29 is 8.83 Å². The van der Waals surface area contributed by atoms with Crippen molar-refractivity contribution in [2.45, 2.75) is 68.9 Å². The van der Waals surface area contributed by atoms with Crippen molar-refractivity contribution >= 4 is 62.3 Å². The molecule has 7 aromatic rings. The first-order valence-corrected chi connectivity index (χ1v) is 19.1. The van der Waals surface area contributed by atoms with E-state index in [2.05, 4.69) is 109 Å². The van der Waals surface area contributed by atoms with Gasteiger partial charge in [0.2, 0.25) is 0 Å². The number of furan rings is 2. The second-order valence-corrected chi connectivity index (χ2v) is 17.8. The standard InChI is InChI=1S/C41H38O2Si/c1-5-13-29(14-6-1)41(21-9-3-10-22-41)30-17-19-37-33(25-30)35-27-40-36(28-39(35)42-37)34-26-32(18-20-38(34)43-40)44(23-11-4-12-24-44)31-15-7-2-8-16-31/h1-2,5-8,13-20,25-28H,3-4,9-12,21-24H2. The van der Waals surface area contributed by atoms with Crippen molar-refractivity contribution in [3.8, 4) is 0 Å². The summed E-state index contributed by atoms with van der Waals surface area (Å²) in [6.07, 6.45) is 10.3. The second-order valence-electron chi connectivity index (χ2n) is 13.5. The summed E-state index contributed by atoms with van der Waals surface area (Å²) in [5, 5.41) is 7.85. The van der Waals surface area contributed by atoms with Gasteiger partial charge in [-0.2, -0.15) is 0 Å². The van der Waals surface area contributed by atoms with Gasteiger partial charge in [-0.3, -0.25) is 0 Å². The first-order chi connectivity index (χ1) is 21.7. The molecule has 1 saturated heterocycles. The normalized spacial score (nSPS) is 18.4. The highest BCUT2D eigenvalue weighted by Crippen LogP contribution is 2.46. The zero-order valence-electron chi connectivity index (χ0n) is 25.3. The highest BCUT2D eigenvalue weighted by Gasteiger charge is 2.39. The minimum Gasteiger partial charge on any atom is -0.456 e. The van der Waals surface area contributed by atoms with Crippen LogP contribution in [-0.4, -0.2) is 8.07 Å². The van der Waals surface area contributed by atoms with Crippen LogP contribution in [0.3, 0.4) is 0 Å². The zero-order chi connectivity index (χ0) is 29.1. The molecule has 218 valence electrons. The van der Waals surface area contributed by atoms with E-state index in [0.717, 1.165) is 33.1 Å². The van der Waals surface area contributed by atoms with Crippen molar-refractivity contribution in [1.29, 1.82) is 0 Å². The van der Waals surface area contributed by atoms with Gasteiger partial charge in [0, 0.05) is 27.0 Å². The van der Waals surface area contributed by atoms with Gasteiger partial charge in [-0.25, -0.2) is 0 Å². The fourth-order valence-electron chi connectivity index (χ4n) is 8.95. The maximum Gasteiger partial charge on any atom is 0.136 e. The molecular formula is C41H38O2Si. The Morgan fingerprint density at radius 3 is 1.68 bits per heavy atom. The van der Waals surface area contributed by atoms with Crippen LogP contribution >= 0.6 is 0 Å². The summed E-state index contributed by atoms with van der Waals surface area (Å²) >= 11 is 0. The predicted octanol–water partition coefficient (Wildman–Crippen LogP) is 10.5. The highest BCUT2D eigenvalue weighted by molar-refractivity contribution is 7.02. The lowest BCUT2D eigenvalue weighted by Crippen LogP contribution is -2.59. The van der Waals surface area contributed by atoms with Crippen molar-refractivity contribution in [1.82, 2.24) is 0 Å². The maximum absolute atomic E-state index is 6.57. The van der Waals surface area contributed by atoms with Gasteiger partial charge in [0.15, 0.2) is 0 Å². The van der Waals surface area contributed by atoms with E-state index in [0.29, 0.717) is 0 Å². The molecule has 3 heterocycles. The minimum absolute atomic E-state index is 0.0644. The minimum atomic E-state index is -1.82. The Morgan fingerprint density at radius 2 is 1.00 bits per heavy atom. The van der Waals surface area contributed by atoms with Crippen molar-refractivity contribution in [2.75, 3.05) is 0 Å². The van der Waals surface area contributed by atoms with Crippen molar-refractivity contribution in [3.63, 3.8) is 0 Å². The van der Waals surface area contributed by atoms with Crippen LogP contribution < -0.4 is 10.4 Å². The summed E-state index contributed by atoms with van der Waals surface area (Å²) in [4.78, 5) is 0. The highest BCUT2D eigenvalue weighted by atomic mass is 28.3. The Labute approximate surface area is 259 Å². The monoisotopic (exact) mass is 590 g/mol. The number of hydrogen-bond donors (Lipinski definition) is 0. The lowest BCUT2D eigenvalue weighted by molar-refractivity contribution is 0.346. The van der Waals surface area contributed by atoms with Crippen LogP contribution in [0.25, 0.3) is 43.9 Å². The first kappa shape index (κ1) is 26.3. The maximum atomic E-state index is 6.57. The first-order valence-electron chi connectivity index (χ1n) is 16.7. The molecule has 0 spiro atoms. The number of benzene rings is 5. The van der Waals surface area contributed by atoms with Gasteiger partial charge < -0.3 is 8.83 Å². The fourth-order valence-corrected chi connectivity index (χ4v) is 14.1. The number of rotatable bonds is 4. The van der Waals surface area contributed by atoms with Gasteiger partial charge in [0.25, 0.3) is 0 Å². The third-order valence-corrected chi connectivity index (χ3v) is 16.5. The Hall–Kier alpha value is -4.08. The fraction of sp³-hybridized carbons (Fsp3) is 0.268. The summed E-state index contributed by atoms with van der Waals surface area (Å²) in [5.74, 6) is 0. The van der Waals surface area contributed by atoms with Gasteiger partial charge in [0.1, 0.15) is 30.4 Å². The van der Waals surface area contributed by atoms with Crippen LogP contribution in [0.1, 0.15) is 62.5 Å². The van der Waals surface area contributed by atoms with Crippen LogP contribution in [0.4, 0.5) is 0 Å². The van der Waals surface area contributed by atoms with Crippen LogP contribution in [0.5, 0.6) is 0 Å².